The number of halogens is 1. The zero-order chi connectivity index (χ0) is 20.1. The van der Waals surface area contributed by atoms with E-state index in [0.717, 1.165) is 0 Å². The molecule has 0 fully saturated rings. The third kappa shape index (κ3) is 5.43. The quantitative estimate of drug-likeness (QED) is 0.204. The SMILES string of the molecule is COCC(C)(N=[N+]=[N-])c1cnc(OCCCS(C)(=O)=O)c2cnc(Cl)cc12. The first kappa shape index (κ1) is 21.2. The van der Waals surface area contributed by atoms with Crippen molar-refractivity contribution >= 4 is 32.2 Å². The Balaban J connectivity index is 2.45. The maximum atomic E-state index is 11.2. The molecule has 0 spiro atoms. The molecule has 0 radical (unpaired) electrons. The van der Waals surface area contributed by atoms with Crippen molar-refractivity contribution in [3.8, 4) is 5.88 Å². The third-order valence-corrected chi connectivity index (χ3v) is 5.11. The van der Waals surface area contributed by atoms with Gasteiger partial charge in [0.1, 0.15) is 15.0 Å². The molecule has 1 atom stereocenters. The maximum absolute atomic E-state index is 11.2. The van der Waals surface area contributed by atoms with Crippen LogP contribution in [0.2, 0.25) is 5.15 Å². The lowest BCUT2D eigenvalue weighted by Gasteiger charge is -2.25. The highest BCUT2D eigenvalue weighted by Gasteiger charge is 2.29. The Kier molecular flexibility index (Phi) is 6.83. The largest absolute Gasteiger partial charge is 0.477 e. The van der Waals surface area contributed by atoms with Crippen LogP contribution in [0.1, 0.15) is 18.9 Å². The Morgan fingerprint density at radius 1 is 1.33 bits per heavy atom. The summed E-state index contributed by atoms with van der Waals surface area (Å²) in [7, 11) is -1.55. The molecule has 0 N–H and O–H groups in total. The summed E-state index contributed by atoms with van der Waals surface area (Å²) in [4.78, 5) is 11.3. The van der Waals surface area contributed by atoms with Crippen molar-refractivity contribution in [3.63, 3.8) is 0 Å². The fourth-order valence-corrected chi connectivity index (χ4v) is 3.46. The summed E-state index contributed by atoms with van der Waals surface area (Å²) in [5, 5.41) is 5.37. The third-order valence-electron chi connectivity index (χ3n) is 3.87. The van der Waals surface area contributed by atoms with Crippen molar-refractivity contribution in [2.45, 2.75) is 18.9 Å². The highest BCUT2D eigenvalue weighted by Crippen LogP contribution is 2.36. The van der Waals surface area contributed by atoms with Crippen LogP contribution < -0.4 is 4.74 Å². The van der Waals surface area contributed by atoms with Crippen LogP contribution in [0, 0.1) is 0 Å². The van der Waals surface area contributed by atoms with Crippen molar-refractivity contribution in [3.05, 3.63) is 39.6 Å². The first-order valence-corrected chi connectivity index (χ1v) is 10.4. The minimum atomic E-state index is -3.06. The Hall–Kier alpha value is -2.13. The van der Waals surface area contributed by atoms with Gasteiger partial charge in [0.05, 0.1) is 29.9 Å². The Bertz CT molecular complexity index is 978. The van der Waals surface area contributed by atoms with Crippen LogP contribution in [0.5, 0.6) is 5.88 Å². The summed E-state index contributed by atoms with van der Waals surface area (Å²) in [5.41, 5.74) is 8.56. The number of pyridine rings is 2. The average Bonchev–Trinajstić information content (AvgIpc) is 2.57. The van der Waals surface area contributed by atoms with Gasteiger partial charge in [-0.25, -0.2) is 18.4 Å². The number of sulfone groups is 1. The number of hydrogen-bond acceptors (Lipinski definition) is 7. The van der Waals surface area contributed by atoms with E-state index in [1.807, 2.05) is 0 Å². The number of methoxy groups -OCH3 is 1. The van der Waals surface area contributed by atoms with Crippen LogP contribution in [0.3, 0.4) is 0 Å². The van der Waals surface area contributed by atoms with E-state index in [1.54, 1.807) is 13.0 Å². The van der Waals surface area contributed by atoms with E-state index in [4.69, 9.17) is 26.6 Å². The Labute approximate surface area is 162 Å². The Morgan fingerprint density at radius 3 is 2.70 bits per heavy atom. The van der Waals surface area contributed by atoms with Crippen LogP contribution >= 0.6 is 11.6 Å². The Morgan fingerprint density at radius 2 is 2.07 bits per heavy atom. The van der Waals surface area contributed by atoms with E-state index in [-0.39, 0.29) is 24.1 Å². The fraction of sp³-hybridized carbons (Fsp3) is 0.500. The lowest BCUT2D eigenvalue weighted by Crippen LogP contribution is -2.25. The number of rotatable bonds is 9. The van der Waals surface area contributed by atoms with Crippen molar-refractivity contribution < 1.29 is 17.9 Å². The monoisotopic (exact) mass is 413 g/mol. The lowest BCUT2D eigenvalue weighted by atomic mass is 9.91. The number of ether oxygens (including phenoxy) is 2. The van der Waals surface area contributed by atoms with Gasteiger partial charge in [-0.15, -0.1) is 0 Å². The van der Waals surface area contributed by atoms with Gasteiger partial charge in [-0.05, 0) is 35.9 Å². The molecule has 146 valence electrons. The zero-order valence-corrected chi connectivity index (χ0v) is 16.8. The molecule has 0 bridgehead atoms. The first-order chi connectivity index (χ1) is 12.7. The number of hydrogen-bond donors (Lipinski definition) is 0. The van der Waals surface area contributed by atoms with Crippen LogP contribution in [0.25, 0.3) is 21.2 Å². The van der Waals surface area contributed by atoms with Crippen LogP contribution in [-0.2, 0) is 20.1 Å². The number of nitrogens with zero attached hydrogens (tertiary/aromatic N) is 5. The van der Waals surface area contributed by atoms with Gasteiger partial charge in [0.2, 0.25) is 5.88 Å². The molecule has 2 aromatic rings. The molecular formula is C16H20ClN5O4S. The van der Waals surface area contributed by atoms with Crippen LogP contribution in [0.4, 0.5) is 0 Å². The van der Waals surface area contributed by atoms with E-state index in [2.05, 4.69) is 20.0 Å². The summed E-state index contributed by atoms with van der Waals surface area (Å²) in [5.74, 6) is 0.322. The van der Waals surface area contributed by atoms with Gasteiger partial charge >= 0.3 is 0 Å². The second-order valence-corrected chi connectivity index (χ2v) is 8.90. The van der Waals surface area contributed by atoms with Crippen LogP contribution in [0.15, 0.2) is 23.6 Å². The molecule has 2 aromatic heterocycles. The van der Waals surface area contributed by atoms with Gasteiger partial charge in [0.15, 0.2) is 0 Å². The second-order valence-electron chi connectivity index (χ2n) is 6.26. The molecular weight excluding hydrogens is 394 g/mol. The molecule has 0 aliphatic carbocycles. The van der Waals surface area contributed by atoms with Gasteiger partial charge in [0, 0.05) is 30.7 Å². The van der Waals surface area contributed by atoms with Crippen molar-refractivity contribution in [2.75, 3.05) is 32.3 Å². The second kappa shape index (κ2) is 8.71. The molecule has 27 heavy (non-hydrogen) atoms. The molecule has 2 rings (SSSR count). The van der Waals surface area contributed by atoms with Gasteiger partial charge < -0.3 is 9.47 Å². The standard InChI is InChI=1S/C16H20ClN5O4S/c1-16(10-25-2,21-22-18)13-9-20-15(26-5-4-6-27(3,23)24)12-8-19-14(17)7-11(12)13/h7-9H,4-6,10H2,1-3H3. The van der Waals surface area contributed by atoms with Crippen molar-refractivity contribution in [2.24, 2.45) is 5.11 Å². The van der Waals surface area contributed by atoms with E-state index in [0.29, 0.717) is 28.6 Å². The molecule has 0 saturated carbocycles. The number of azide groups is 1. The number of fused-ring (bicyclic) bond motifs is 1. The molecule has 0 amide bonds. The average molecular weight is 414 g/mol. The van der Waals surface area contributed by atoms with Gasteiger partial charge in [0.25, 0.3) is 0 Å². The summed E-state index contributed by atoms with van der Waals surface area (Å²) in [6.07, 6.45) is 4.57. The minimum absolute atomic E-state index is 0.0237. The molecule has 0 saturated heterocycles. The topological polar surface area (TPSA) is 127 Å². The lowest BCUT2D eigenvalue weighted by molar-refractivity contribution is 0.141. The molecule has 0 aliphatic rings. The van der Waals surface area contributed by atoms with E-state index in [1.165, 1.54) is 25.8 Å². The molecule has 1 unspecified atom stereocenters. The highest BCUT2D eigenvalue weighted by molar-refractivity contribution is 7.90. The molecule has 2 heterocycles. The van der Waals surface area contributed by atoms with E-state index < -0.39 is 15.4 Å². The van der Waals surface area contributed by atoms with Gasteiger partial charge in [-0.1, -0.05) is 16.7 Å². The van der Waals surface area contributed by atoms with Crippen molar-refractivity contribution in [1.82, 2.24) is 9.97 Å². The number of aromatic nitrogens is 2. The molecule has 11 heteroatoms. The summed E-state index contributed by atoms with van der Waals surface area (Å²) in [6.45, 7) is 2.05. The maximum Gasteiger partial charge on any atom is 0.222 e. The van der Waals surface area contributed by atoms with Crippen LogP contribution in [-0.4, -0.2) is 50.7 Å². The normalized spacial score (nSPS) is 13.8. The molecule has 0 aliphatic heterocycles. The summed E-state index contributed by atoms with van der Waals surface area (Å²) >= 11 is 6.05. The minimum Gasteiger partial charge on any atom is -0.477 e. The van der Waals surface area contributed by atoms with E-state index in [9.17, 15) is 8.42 Å². The van der Waals surface area contributed by atoms with Gasteiger partial charge in [-0.3, -0.25) is 0 Å². The summed E-state index contributed by atoms with van der Waals surface area (Å²) in [6, 6.07) is 1.64. The zero-order valence-electron chi connectivity index (χ0n) is 15.2. The predicted octanol–water partition coefficient (Wildman–Crippen LogP) is 3.27. The van der Waals surface area contributed by atoms with E-state index >= 15 is 0 Å². The summed E-state index contributed by atoms with van der Waals surface area (Å²) < 4.78 is 33.3. The predicted molar refractivity (Wildman–Crippen MR) is 103 cm³/mol. The molecule has 9 nitrogen and oxygen atoms in total. The smallest absolute Gasteiger partial charge is 0.222 e. The van der Waals surface area contributed by atoms with Gasteiger partial charge in [-0.2, -0.15) is 0 Å². The molecule has 0 aromatic carbocycles. The highest BCUT2D eigenvalue weighted by atomic mass is 35.5. The first-order valence-electron chi connectivity index (χ1n) is 8.00. The fourth-order valence-electron chi connectivity index (χ4n) is 2.66. The van der Waals surface area contributed by atoms with Crippen molar-refractivity contribution in [1.29, 1.82) is 0 Å².